The van der Waals surface area contributed by atoms with Crippen LogP contribution in [0.3, 0.4) is 0 Å². The second kappa shape index (κ2) is 4.82. The summed E-state index contributed by atoms with van der Waals surface area (Å²) in [5.41, 5.74) is 5.98. The van der Waals surface area contributed by atoms with Gasteiger partial charge in [0, 0.05) is 25.0 Å². The van der Waals surface area contributed by atoms with Gasteiger partial charge in [0.25, 0.3) is 0 Å². The van der Waals surface area contributed by atoms with Gasteiger partial charge < -0.3 is 15.4 Å². The van der Waals surface area contributed by atoms with E-state index in [1.165, 1.54) is 0 Å². The number of likely N-dealkylation sites (tertiary alicyclic amines) is 1. The van der Waals surface area contributed by atoms with E-state index in [9.17, 15) is 4.79 Å². The number of carbonyl (C=O) groups is 1. The first-order valence-corrected chi connectivity index (χ1v) is 7.33. The van der Waals surface area contributed by atoms with Crippen LogP contribution in [0.25, 0.3) is 0 Å². The molecule has 2 aliphatic heterocycles. The molecule has 18 heavy (non-hydrogen) atoms. The van der Waals surface area contributed by atoms with Crippen LogP contribution >= 0.6 is 0 Å². The molecule has 3 rings (SSSR count). The molecule has 0 aromatic rings. The first-order chi connectivity index (χ1) is 8.63. The van der Waals surface area contributed by atoms with Crippen molar-refractivity contribution in [1.82, 2.24) is 4.90 Å². The second-order valence-corrected chi connectivity index (χ2v) is 6.36. The molecular weight excluding hydrogens is 228 g/mol. The number of ether oxygens (including phenoxy) is 1. The molecule has 0 aromatic carbocycles. The zero-order chi connectivity index (χ0) is 12.7. The minimum atomic E-state index is 0.197. The molecule has 2 N–H and O–H groups in total. The van der Waals surface area contributed by atoms with Gasteiger partial charge in [-0.15, -0.1) is 0 Å². The molecule has 102 valence electrons. The maximum absolute atomic E-state index is 12.6. The fourth-order valence-corrected chi connectivity index (χ4v) is 3.83. The Morgan fingerprint density at radius 2 is 1.83 bits per heavy atom. The Balaban J connectivity index is 1.64. The Hall–Kier alpha value is -0.610. The van der Waals surface area contributed by atoms with Crippen LogP contribution in [0.1, 0.15) is 39.0 Å². The number of amides is 1. The van der Waals surface area contributed by atoms with Gasteiger partial charge in [-0.2, -0.15) is 0 Å². The smallest absolute Gasteiger partial charge is 0.226 e. The highest BCUT2D eigenvalue weighted by Crippen LogP contribution is 2.33. The van der Waals surface area contributed by atoms with E-state index in [0.29, 0.717) is 30.1 Å². The van der Waals surface area contributed by atoms with E-state index in [2.05, 4.69) is 11.8 Å². The van der Waals surface area contributed by atoms with Gasteiger partial charge in [-0.05, 0) is 38.0 Å². The third-order valence-electron chi connectivity index (χ3n) is 4.88. The summed E-state index contributed by atoms with van der Waals surface area (Å²) < 4.78 is 5.79. The van der Waals surface area contributed by atoms with Crippen molar-refractivity contribution in [2.24, 2.45) is 17.6 Å². The predicted octanol–water partition coefficient (Wildman–Crippen LogP) is 1.14. The van der Waals surface area contributed by atoms with Crippen molar-refractivity contribution in [3.63, 3.8) is 0 Å². The summed E-state index contributed by atoms with van der Waals surface area (Å²) in [6.45, 7) is 3.80. The lowest BCUT2D eigenvalue weighted by atomic mass is 9.77. The van der Waals surface area contributed by atoms with E-state index >= 15 is 0 Å². The quantitative estimate of drug-likeness (QED) is 0.761. The van der Waals surface area contributed by atoms with Crippen LogP contribution < -0.4 is 5.73 Å². The molecule has 2 heterocycles. The van der Waals surface area contributed by atoms with Crippen molar-refractivity contribution < 1.29 is 9.53 Å². The number of nitrogens with zero attached hydrogens (tertiary/aromatic N) is 1. The van der Waals surface area contributed by atoms with Crippen molar-refractivity contribution >= 4 is 5.91 Å². The van der Waals surface area contributed by atoms with E-state index in [1.807, 2.05) is 0 Å². The molecule has 0 aromatic heterocycles. The number of morpholine rings is 1. The minimum Gasteiger partial charge on any atom is -0.371 e. The maximum Gasteiger partial charge on any atom is 0.226 e. The SMILES string of the molecule is CC1CC(N)CCC1C(=O)N1CC2CCC(C1)O2. The predicted molar refractivity (Wildman–Crippen MR) is 69.0 cm³/mol. The Bertz CT molecular complexity index is 322. The van der Waals surface area contributed by atoms with Crippen molar-refractivity contribution in [3.8, 4) is 0 Å². The Morgan fingerprint density at radius 1 is 1.17 bits per heavy atom. The summed E-state index contributed by atoms with van der Waals surface area (Å²) >= 11 is 0. The summed E-state index contributed by atoms with van der Waals surface area (Å²) in [6, 6.07) is 0.296. The third-order valence-corrected chi connectivity index (χ3v) is 4.88. The van der Waals surface area contributed by atoms with Crippen LogP contribution in [-0.4, -0.2) is 42.1 Å². The van der Waals surface area contributed by atoms with E-state index in [0.717, 1.165) is 45.2 Å². The van der Waals surface area contributed by atoms with E-state index in [4.69, 9.17) is 10.5 Å². The fraction of sp³-hybridized carbons (Fsp3) is 0.929. The number of hydrogen-bond acceptors (Lipinski definition) is 3. The number of rotatable bonds is 1. The third kappa shape index (κ3) is 2.28. The van der Waals surface area contributed by atoms with Crippen molar-refractivity contribution in [2.45, 2.75) is 57.3 Å². The lowest BCUT2D eigenvalue weighted by Gasteiger charge is -2.38. The molecule has 2 saturated heterocycles. The van der Waals surface area contributed by atoms with E-state index < -0.39 is 0 Å². The van der Waals surface area contributed by atoms with Gasteiger partial charge in [0.2, 0.25) is 5.91 Å². The molecule has 4 heteroatoms. The molecule has 2 bridgehead atoms. The average Bonchev–Trinajstić information content (AvgIpc) is 2.67. The molecule has 0 radical (unpaired) electrons. The molecule has 0 spiro atoms. The molecule has 3 fully saturated rings. The average molecular weight is 252 g/mol. The molecule has 1 aliphatic carbocycles. The van der Waals surface area contributed by atoms with Gasteiger partial charge in [-0.25, -0.2) is 0 Å². The first-order valence-electron chi connectivity index (χ1n) is 7.33. The number of hydrogen-bond donors (Lipinski definition) is 1. The van der Waals surface area contributed by atoms with Gasteiger partial charge in [-0.3, -0.25) is 4.79 Å². The van der Waals surface area contributed by atoms with E-state index in [1.54, 1.807) is 0 Å². The number of nitrogens with two attached hydrogens (primary N) is 1. The molecule has 3 aliphatic rings. The summed E-state index contributed by atoms with van der Waals surface area (Å²) in [5.74, 6) is 0.985. The summed E-state index contributed by atoms with van der Waals surface area (Å²) in [4.78, 5) is 14.7. The van der Waals surface area contributed by atoms with Gasteiger partial charge >= 0.3 is 0 Å². The topological polar surface area (TPSA) is 55.6 Å². The van der Waals surface area contributed by atoms with Crippen LogP contribution in [-0.2, 0) is 9.53 Å². The maximum atomic E-state index is 12.6. The van der Waals surface area contributed by atoms with Crippen molar-refractivity contribution in [1.29, 1.82) is 0 Å². The largest absolute Gasteiger partial charge is 0.371 e. The molecule has 5 atom stereocenters. The summed E-state index contributed by atoms with van der Waals surface area (Å²) in [5, 5.41) is 0. The monoisotopic (exact) mass is 252 g/mol. The highest BCUT2D eigenvalue weighted by molar-refractivity contribution is 5.79. The summed E-state index contributed by atoms with van der Waals surface area (Å²) in [6.07, 6.45) is 5.81. The second-order valence-electron chi connectivity index (χ2n) is 6.36. The normalized spacial score (nSPS) is 44.1. The number of carbonyl (C=O) groups excluding carboxylic acids is 1. The molecule has 1 saturated carbocycles. The van der Waals surface area contributed by atoms with E-state index in [-0.39, 0.29) is 5.92 Å². The van der Waals surface area contributed by atoms with Gasteiger partial charge in [-0.1, -0.05) is 6.92 Å². The van der Waals surface area contributed by atoms with Crippen LogP contribution in [0.5, 0.6) is 0 Å². The Kier molecular flexibility index (Phi) is 3.32. The number of fused-ring (bicyclic) bond motifs is 2. The minimum absolute atomic E-state index is 0.197. The van der Waals surface area contributed by atoms with Gasteiger partial charge in [0.15, 0.2) is 0 Å². The van der Waals surface area contributed by atoms with Gasteiger partial charge in [0.05, 0.1) is 12.2 Å². The van der Waals surface area contributed by atoms with Crippen molar-refractivity contribution in [3.05, 3.63) is 0 Å². The zero-order valence-corrected chi connectivity index (χ0v) is 11.2. The highest BCUT2D eigenvalue weighted by atomic mass is 16.5. The fourth-order valence-electron chi connectivity index (χ4n) is 3.83. The van der Waals surface area contributed by atoms with Crippen LogP contribution in [0.4, 0.5) is 0 Å². The molecule has 4 nitrogen and oxygen atoms in total. The zero-order valence-electron chi connectivity index (χ0n) is 11.2. The summed E-state index contributed by atoms with van der Waals surface area (Å²) in [7, 11) is 0. The standard InChI is InChI=1S/C14H24N2O2/c1-9-6-10(15)2-5-13(9)14(17)16-7-11-3-4-12(8-16)18-11/h9-13H,2-8,15H2,1H3. The lowest BCUT2D eigenvalue weighted by Crippen LogP contribution is -2.50. The molecular formula is C14H24N2O2. The van der Waals surface area contributed by atoms with Crippen LogP contribution in [0, 0.1) is 11.8 Å². The molecule has 5 unspecified atom stereocenters. The Labute approximate surface area is 109 Å². The molecule has 1 amide bonds. The first kappa shape index (κ1) is 12.4. The lowest BCUT2D eigenvalue weighted by molar-refractivity contribution is -0.147. The Morgan fingerprint density at radius 3 is 2.44 bits per heavy atom. The van der Waals surface area contributed by atoms with Crippen LogP contribution in [0.15, 0.2) is 0 Å². The van der Waals surface area contributed by atoms with Crippen molar-refractivity contribution in [2.75, 3.05) is 13.1 Å². The van der Waals surface area contributed by atoms with Gasteiger partial charge in [0.1, 0.15) is 0 Å². The van der Waals surface area contributed by atoms with Crippen LogP contribution in [0.2, 0.25) is 0 Å². The highest BCUT2D eigenvalue weighted by Gasteiger charge is 2.40.